The summed E-state index contributed by atoms with van der Waals surface area (Å²) < 4.78 is 0. The molecule has 2 rings (SSSR count). The quantitative estimate of drug-likeness (QED) is 0.783. The number of nitrogens with two attached hydrogens (primary N) is 1. The van der Waals surface area contributed by atoms with Crippen molar-refractivity contribution in [3.63, 3.8) is 0 Å². The van der Waals surface area contributed by atoms with Crippen molar-refractivity contribution in [2.24, 2.45) is 17.1 Å². The topological polar surface area (TPSA) is 26.0 Å². The molecule has 0 heterocycles. The number of hydrogen-bond donors (Lipinski definition) is 1. The Hall–Kier alpha value is -0.820. The Kier molecular flexibility index (Phi) is 2.38. The van der Waals surface area contributed by atoms with E-state index in [9.17, 15) is 0 Å². The first-order chi connectivity index (χ1) is 6.92. The van der Waals surface area contributed by atoms with Gasteiger partial charge in [0.2, 0.25) is 0 Å². The first-order valence-corrected chi connectivity index (χ1v) is 5.74. The molecule has 0 spiro atoms. The van der Waals surface area contributed by atoms with Crippen LogP contribution >= 0.6 is 0 Å². The van der Waals surface area contributed by atoms with Gasteiger partial charge in [0.05, 0.1) is 0 Å². The van der Waals surface area contributed by atoms with Crippen LogP contribution < -0.4 is 5.73 Å². The minimum absolute atomic E-state index is 0.222. The molecule has 1 aromatic rings. The minimum atomic E-state index is 0.222. The average molecular weight is 203 g/mol. The van der Waals surface area contributed by atoms with Gasteiger partial charge in [-0.05, 0) is 42.7 Å². The smallest absolute Gasteiger partial charge is 0.0331 e. The maximum absolute atomic E-state index is 6.35. The summed E-state index contributed by atoms with van der Waals surface area (Å²) in [5.41, 5.74) is 10.8. The zero-order valence-electron chi connectivity index (χ0n) is 10.2. The van der Waals surface area contributed by atoms with Crippen LogP contribution in [0, 0.1) is 25.2 Å². The van der Waals surface area contributed by atoms with Gasteiger partial charge in [-0.15, -0.1) is 0 Å². The van der Waals surface area contributed by atoms with E-state index >= 15 is 0 Å². The molecule has 0 aromatic heterocycles. The molecule has 1 saturated carbocycles. The number of hydrogen-bond acceptors (Lipinski definition) is 1. The Bertz CT molecular complexity index is 379. The van der Waals surface area contributed by atoms with Gasteiger partial charge in [-0.3, -0.25) is 0 Å². The van der Waals surface area contributed by atoms with E-state index in [2.05, 4.69) is 45.9 Å². The molecule has 2 atom stereocenters. The van der Waals surface area contributed by atoms with E-state index in [1.54, 1.807) is 0 Å². The molecule has 0 aliphatic heterocycles. The second kappa shape index (κ2) is 3.34. The Balaban J connectivity index is 2.26. The molecule has 1 heteroatoms. The average Bonchev–Trinajstić information content (AvgIpc) is 2.78. The van der Waals surface area contributed by atoms with Crippen molar-refractivity contribution in [2.45, 2.75) is 40.2 Å². The summed E-state index contributed by atoms with van der Waals surface area (Å²) in [7, 11) is 0. The van der Waals surface area contributed by atoms with Gasteiger partial charge in [0, 0.05) is 6.04 Å². The van der Waals surface area contributed by atoms with Gasteiger partial charge in [-0.1, -0.05) is 37.6 Å². The maximum Gasteiger partial charge on any atom is 0.0331 e. The third-order valence-corrected chi connectivity index (χ3v) is 3.82. The fourth-order valence-electron chi connectivity index (χ4n) is 2.46. The van der Waals surface area contributed by atoms with Crippen molar-refractivity contribution in [3.8, 4) is 0 Å². The Morgan fingerprint density at radius 3 is 2.47 bits per heavy atom. The molecular formula is C14H21N. The van der Waals surface area contributed by atoms with Gasteiger partial charge in [0.1, 0.15) is 0 Å². The van der Waals surface area contributed by atoms with Gasteiger partial charge in [-0.25, -0.2) is 0 Å². The number of aryl methyl sites for hydroxylation is 2. The van der Waals surface area contributed by atoms with Crippen LogP contribution in [0.2, 0.25) is 0 Å². The van der Waals surface area contributed by atoms with Crippen LogP contribution in [-0.2, 0) is 0 Å². The van der Waals surface area contributed by atoms with Crippen LogP contribution in [0.25, 0.3) is 0 Å². The monoisotopic (exact) mass is 203 g/mol. The van der Waals surface area contributed by atoms with E-state index in [0.29, 0.717) is 11.3 Å². The summed E-state index contributed by atoms with van der Waals surface area (Å²) in [5, 5.41) is 0. The molecule has 0 saturated heterocycles. The summed E-state index contributed by atoms with van der Waals surface area (Å²) in [6.07, 6.45) is 1.27. The standard InChI is InChI=1S/C14H21N/c1-9-5-6-10(2)11(7-9)13(15)12-8-14(12,3)4/h5-7,12-13H,8,15H2,1-4H3. The van der Waals surface area contributed by atoms with Crippen LogP contribution in [-0.4, -0.2) is 0 Å². The molecule has 1 nitrogen and oxygen atoms in total. The molecule has 1 aliphatic carbocycles. The lowest BCUT2D eigenvalue weighted by Gasteiger charge is -2.17. The highest BCUT2D eigenvalue weighted by Crippen LogP contribution is 2.57. The van der Waals surface area contributed by atoms with E-state index in [1.165, 1.54) is 23.1 Å². The lowest BCUT2D eigenvalue weighted by molar-refractivity contribution is 0.490. The number of benzene rings is 1. The Labute approximate surface area is 92.7 Å². The summed E-state index contributed by atoms with van der Waals surface area (Å²) >= 11 is 0. The predicted molar refractivity (Wildman–Crippen MR) is 64.7 cm³/mol. The van der Waals surface area contributed by atoms with Crippen molar-refractivity contribution < 1.29 is 0 Å². The van der Waals surface area contributed by atoms with E-state index in [0.717, 1.165) is 0 Å². The van der Waals surface area contributed by atoms with Crippen molar-refractivity contribution in [1.82, 2.24) is 0 Å². The zero-order valence-corrected chi connectivity index (χ0v) is 10.2. The van der Waals surface area contributed by atoms with Crippen molar-refractivity contribution in [3.05, 3.63) is 34.9 Å². The molecule has 0 radical (unpaired) electrons. The van der Waals surface area contributed by atoms with E-state index in [1.807, 2.05) is 0 Å². The molecule has 1 fully saturated rings. The molecule has 2 N–H and O–H groups in total. The third kappa shape index (κ3) is 1.93. The van der Waals surface area contributed by atoms with Gasteiger partial charge < -0.3 is 5.73 Å². The lowest BCUT2D eigenvalue weighted by Crippen LogP contribution is -2.16. The predicted octanol–water partition coefficient (Wildman–Crippen LogP) is 3.35. The highest BCUT2D eigenvalue weighted by atomic mass is 14.7. The van der Waals surface area contributed by atoms with Gasteiger partial charge >= 0.3 is 0 Å². The van der Waals surface area contributed by atoms with Crippen LogP contribution in [0.4, 0.5) is 0 Å². The molecule has 1 aromatic carbocycles. The summed E-state index contributed by atoms with van der Waals surface area (Å²) in [5.74, 6) is 0.665. The SMILES string of the molecule is Cc1ccc(C)c(C(N)C2CC2(C)C)c1. The van der Waals surface area contributed by atoms with Crippen molar-refractivity contribution in [1.29, 1.82) is 0 Å². The maximum atomic E-state index is 6.35. The highest BCUT2D eigenvalue weighted by Gasteiger charge is 2.49. The van der Waals surface area contributed by atoms with Crippen molar-refractivity contribution in [2.75, 3.05) is 0 Å². The minimum Gasteiger partial charge on any atom is -0.324 e. The molecule has 2 unspecified atom stereocenters. The molecule has 0 amide bonds. The van der Waals surface area contributed by atoms with Gasteiger partial charge in [0.15, 0.2) is 0 Å². The first kappa shape index (κ1) is 10.7. The number of rotatable bonds is 2. The molecule has 0 bridgehead atoms. The lowest BCUT2D eigenvalue weighted by atomic mass is 9.93. The second-order valence-corrected chi connectivity index (χ2v) is 5.69. The van der Waals surface area contributed by atoms with Crippen LogP contribution in [0.3, 0.4) is 0 Å². The van der Waals surface area contributed by atoms with Crippen LogP contribution in [0.15, 0.2) is 18.2 Å². The van der Waals surface area contributed by atoms with Crippen molar-refractivity contribution >= 4 is 0 Å². The third-order valence-electron chi connectivity index (χ3n) is 3.82. The molecular weight excluding hydrogens is 182 g/mol. The summed E-state index contributed by atoms with van der Waals surface area (Å²) in [6, 6.07) is 6.80. The van der Waals surface area contributed by atoms with E-state index in [4.69, 9.17) is 5.73 Å². The highest BCUT2D eigenvalue weighted by molar-refractivity contribution is 5.34. The van der Waals surface area contributed by atoms with E-state index in [-0.39, 0.29) is 6.04 Å². The molecule has 1 aliphatic rings. The fraction of sp³-hybridized carbons (Fsp3) is 0.571. The Morgan fingerprint density at radius 1 is 1.33 bits per heavy atom. The zero-order chi connectivity index (χ0) is 11.2. The second-order valence-electron chi connectivity index (χ2n) is 5.69. The fourth-order valence-corrected chi connectivity index (χ4v) is 2.46. The first-order valence-electron chi connectivity index (χ1n) is 5.74. The van der Waals surface area contributed by atoms with Crippen LogP contribution in [0.5, 0.6) is 0 Å². The van der Waals surface area contributed by atoms with Gasteiger partial charge in [0.25, 0.3) is 0 Å². The normalized spacial score (nSPS) is 25.0. The summed E-state index contributed by atoms with van der Waals surface area (Å²) in [4.78, 5) is 0. The van der Waals surface area contributed by atoms with E-state index < -0.39 is 0 Å². The molecule has 15 heavy (non-hydrogen) atoms. The largest absolute Gasteiger partial charge is 0.324 e. The van der Waals surface area contributed by atoms with Crippen LogP contribution in [0.1, 0.15) is 43.0 Å². The van der Waals surface area contributed by atoms with Gasteiger partial charge in [-0.2, -0.15) is 0 Å². The molecule has 82 valence electrons. The Morgan fingerprint density at radius 2 is 1.93 bits per heavy atom. The summed E-state index contributed by atoms with van der Waals surface area (Å²) in [6.45, 7) is 8.91.